The van der Waals surface area contributed by atoms with Crippen molar-refractivity contribution >= 4 is 45.7 Å². The maximum absolute atomic E-state index is 12.9. The number of hydrogen-bond acceptors (Lipinski definition) is 6. The summed E-state index contributed by atoms with van der Waals surface area (Å²) >= 11 is 2.88. The first-order valence-electron chi connectivity index (χ1n) is 11.0. The number of hydrogen-bond donors (Lipinski definition) is 2. The fourth-order valence-corrected chi connectivity index (χ4v) is 4.86. The summed E-state index contributed by atoms with van der Waals surface area (Å²) in [6.07, 6.45) is 3.03. The molecule has 6 nitrogen and oxygen atoms in total. The monoisotopic (exact) mass is 483 g/mol. The predicted octanol–water partition coefficient (Wildman–Crippen LogP) is 6.46. The third-order valence-electron chi connectivity index (χ3n) is 4.92. The maximum Gasteiger partial charge on any atom is 0.239 e. The van der Waals surface area contributed by atoms with E-state index in [1.807, 2.05) is 60.8 Å². The van der Waals surface area contributed by atoms with Gasteiger partial charge < -0.3 is 15.4 Å². The standard InChI is InChI=1S/C25H29N3O3S2/c1-4-6-13-23(29)26-18-10-8-12-20(15-18)33-22(5-2)24(30)28-25-27-21(16-32-25)17-9-7-11-19(14-17)31-3/h7-12,14-16,22H,4-6,13H2,1-3H3,(H,26,29)(H,27,28,30). The lowest BCUT2D eigenvalue weighted by Crippen LogP contribution is -2.24. The van der Waals surface area contributed by atoms with Crippen molar-refractivity contribution in [3.8, 4) is 17.0 Å². The van der Waals surface area contributed by atoms with Gasteiger partial charge in [-0.3, -0.25) is 9.59 Å². The second kappa shape index (κ2) is 12.4. The van der Waals surface area contributed by atoms with Crippen molar-refractivity contribution in [3.63, 3.8) is 0 Å². The number of aromatic nitrogens is 1. The molecular weight excluding hydrogens is 454 g/mol. The molecule has 0 saturated carbocycles. The van der Waals surface area contributed by atoms with E-state index < -0.39 is 0 Å². The van der Waals surface area contributed by atoms with Crippen LogP contribution in [0, 0.1) is 0 Å². The van der Waals surface area contributed by atoms with E-state index in [4.69, 9.17) is 4.74 Å². The number of ether oxygens (including phenoxy) is 1. The molecule has 0 fully saturated rings. The van der Waals surface area contributed by atoms with Gasteiger partial charge in [-0.25, -0.2) is 4.98 Å². The average Bonchev–Trinajstić information content (AvgIpc) is 3.30. The number of rotatable bonds is 11. The molecule has 0 aliphatic heterocycles. The van der Waals surface area contributed by atoms with Gasteiger partial charge in [-0.15, -0.1) is 23.1 Å². The number of amides is 2. The van der Waals surface area contributed by atoms with E-state index >= 15 is 0 Å². The minimum atomic E-state index is -0.278. The molecule has 8 heteroatoms. The first kappa shape index (κ1) is 24.8. The Morgan fingerprint density at radius 1 is 1.12 bits per heavy atom. The molecule has 0 saturated heterocycles. The molecule has 1 atom stereocenters. The predicted molar refractivity (Wildman–Crippen MR) is 137 cm³/mol. The number of nitrogens with one attached hydrogen (secondary N) is 2. The lowest BCUT2D eigenvalue weighted by Gasteiger charge is -2.14. The fraction of sp³-hybridized carbons (Fsp3) is 0.320. The van der Waals surface area contributed by atoms with Gasteiger partial charge in [0.05, 0.1) is 18.1 Å². The third-order valence-corrected chi connectivity index (χ3v) is 7.03. The smallest absolute Gasteiger partial charge is 0.239 e. The summed E-state index contributed by atoms with van der Waals surface area (Å²) in [5.74, 6) is 0.683. The van der Waals surface area contributed by atoms with E-state index in [0.717, 1.165) is 40.4 Å². The quantitative estimate of drug-likeness (QED) is 0.306. The number of unbranched alkanes of at least 4 members (excludes halogenated alkanes) is 1. The first-order valence-corrected chi connectivity index (χ1v) is 12.8. The molecule has 0 aliphatic rings. The molecule has 1 unspecified atom stereocenters. The zero-order valence-electron chi connectivity index (χ0n) is 19.1. The molecule has 33 heavy (non-hydrogen) atoms. The molecule has 3 aromatic rings. The largest absolute Gasteiger partial charge is 0.497 e. The summed E-state index contributed by atoms with van der Waals surface area (Å²) in [4.78, 5) is 30.4. The third kappa shape index (κ3) is 7.33. The molecule has 0 radical (unpaired) electrons. The topological polar surface area (TPSA) is 80.3 Å². The minimum absolute atomic E-state index is 0.0133. The molecule has 0 spiro atoms. The van der Waals surface area contributed by atoms with Gasteiger partial charge in [0.2, 0.25) is 11.8 Å². The Labute approximate surface area is 203 Å². The maximum atomic E-state index is 12.9. The zero-order chi connectivity index (χ0) is 23.6. The number of carbonyl (C=O) groups excluding carboxylic acids is 2. The van der Waals surface area contributed by atoms with Gasteiger partial charge in [0.1, 0.15) is 5.75 Å². The van der Waals surface area contributed by atoms with Crippen LogP contribution in [0.1, 0.15) is 39.5 Å². The lowest BCUT2D eigenvalue weighted by atomic mass is 10.2. The van der Waals surface area contributed by atoms with Crippen LogP contribution in [0.15, 0.2) is 58.8 Å². The van der Waals surface area contributed by atoms with Crippen LogP contribution < -0.4 is 15.4 Å². The summed E-state index contributed by atoms with van der Waals surface area (Å²) in [5.41, 5.74) is 2.48. The van der Waals surface area contributed by atoms with Crippen LogP contribution in [0.2, 0.25) is 0 Å². The van der Waals surface area contributed by atoms with Gasteiger partial charge in [-0.1, -0.05) is 38.5 Å². The highest BCUT2D eigenvalue weighted by molar-refractivity contribution is 8.00. The highest BCUT2D eigenvalue weighted by Gasteiger charge is 2.20. The number of benzene rings is 2. The Morgan fingerprint density at radius 3 is 2.70 bits per heavy atom. The Kier molecular flexibility index (Phi) is 9.33. The molecule has 0 bridgehead atoms. The van der Waals surface area contributed by atoms with Gasteiger partial charge in [0.25, 0.3) is 0 Å². The lowest BCUT2D eigenvalue weighted by molar-refractivity contribution is -0.116. The SMILES string of the molecule is CCCCC(=O)Nc1cccc(SC(CC)C(=O)Nc2nc(-c3cccc(OC)c3)cs2)c1. The number of methoxy groups -OCH3 is 1. The van der Waals surface area contributed by atoms with Crippen molar-refractivity contribution in [2.75, 3.05) is 17.7 Å². The van der Waals surface area contributed by atoms with Crippen LogP contribution in [0.3, 0.4) is 0 Å². The minimum Gasteiger partial charge on any atom is -0.497 e. The number of anilines is 2. The van der Waals surface area contributed by atoms with Crippen LogP contribution in [0.5, 0.6) is 5.75 Å². The van der Waals surface area contributed by atoms with E-state index in [-0.39, 0.29) is 17.1 Å². The molecule has 1 aromatic heterocycles. The molecule has 2 N–H and O–H groups in total. The van der Waals surface area contributed by atoms with Crippen molar-refractivity contribution < 1.29 is 14.3 Å². The van der Waals surface area contributed by atoms with Crippen LogP contribution in [-0.4, -0.2) is 29.2 Å². The Bertz CT molecular complexity index is 1080. The van der Waals surface area contributed by atoms with Crippen molar-refractivity contribution in [3.05, 3.63) is 53.9 Å². The first-order chi connectivity index (χ1) is 16.0. The summed E-state index contributed by atoms with van der Waals surface area (Å²) in [7, 11) is 1.63. The summed E-state index contributed by atoms with van der Waals surface area (Å²) in [5, 5.41) is 8.09. The van der Waals surface area contributed by atoms with Crippen LogP contribution in [0.4, 0.5) is 10.8 Å². The Hall–Kier alpha value is -2.84. The van der Waals surface area contributed by atoms with Gasteiger partial charge in [0, 0.05) is 27.9 Å². The fourth-order valence-electron chi connectivity index (χ4n) is 3.13. The Morgan fingerprint density at radius 2 is 1.94 bits per heavy atom. The van der Waals surface area contributed by atoms with Crippen molar-refractivity contribution in [2.45, 2.75) is 49.7 Å². The van der Waals surface area contributed by atoms with Crippen LogP contribution in [-0.2, 0) is 9.59 Å². The van der Waals surface area contributed by atoms with E-state index in [9.17, 15) is 9.59 Å². The summed E-state index contributed by atoms with van der Waals surface area (Å²) in [6.45, 7) is 4.04. The molecule has 174 valence electrons. The van der Waals surface area contributed by atoms with E-state index in [1.54, 1.807) is 7.11 Å². The number of nitrogens with zero attached hydrogens (tertiary/aromatic N) is 1. The molecule has 2 aromatic carbocycles. The van der Waals surface area contributed by atoms with Crippen LogP contribution >= 0.6 is 23.1 Å². The zero-order valence-corrected chi connectivity index (χ0v) is 20.7. The van der Waals surface area contributed by atoms with Gasteiger partial charge >= 0.3 is 0 Å². The van der Waals surface area contributed by atoms with E-state index in [0.29, 0.717) is 18.0 Å². The average molecular weight is 484 g/mol. The number of thiazole rings is 1. The van der Waals surface area contributed by atoms with Crippen molar-refractivity contribution in [1.29, 1.82) is 0 Å². The number of carbonyl (C=O) groups is 2. The highest BCUT2D eigenvalue weighted by Crippen LogP contribution is 2.31. The molecule has 0 aliphatic carbocycles. The normalized spacial score (nSPS) is 11.6. The van der Waals surface area contributed by atoms with Crippen molar-refractivity contribution in [1.82, 2.24) is 4.98 Å². The molecule has 1 heterocycles. The number of thioether (sulfide) groups is 1. The summed E-state index contributed by atoms with van der Waals surface area (Å²) < 4.78 is 5.28. The molecule has 3 rings (SSSR count). The Balaban J connectivity index is 1.62. The van der Waals surface area contributed by atoms with Gasteiger partial charge in [-0.2, -0.15) is 0 Å². The second-order valence-corrected chi connectivity index (χ2v) is 9.59. The van der Waals surface area contributed by atoms with Crippen molar-refractivity contribution in [2.24, 2.45) is 0 Å². The molecule has 2 amide bonds. The van der Waals surface area contributed by atoms with E-state index in [2.05, 4.69) is 22.5 Å². The van der Waals surface area contributed by atoms with Gasteiger partial charge in [-0.05, 0) is 43.2 Å². The van der Waals surface area contributed by atoms with Crippen LogP contribution in [0.25, 0.3) is 11.3 Å². The summed E-state index contributed by atoms with van der Waals surface area (Å²) in [6, 6.07) is 15.3. The van der Waals surface area contributed by atoms with Gasteiger partial charge in [0.15, 0.2) is 5.13 Å². The molecular formula is C25H29N3O3S2. The highest BCUT2D eigenvalue weighted by atomic mass is 32.2. The second-order valence-electron chi connectivity index (χ2n) is 7.45. The van der Waals surface area contributed by atoms with E-state index in [1.165, 1.54) is 23.1 Å².